The van der Waals surface area contributed by atoms with Crippen LogP contribution >= 0.6 is 0 Å². The van der Waals surface area contributed by atoms with Crippen LogP contribution in [0.5, 0.6) is 5.75 Å². The van der Waals surface area contributed by atoms with Crippen molar-refractivity contribution in [3.63, 3.8) is 0 Å². The third-order valence-electron chi connectivity index (χ3n) is 5.88. The number of ether oxygens (including phenoxy) is 2. The number of methoxy groups -OCH3 is 1. The van der Waals surface area contributed by atoms with Crippen molar-refractivity contribution in [1.82, 2.24) is 9.55 Å². The van der Waals surface area contributed by atoms with Crippen molar-refractivity contribution in [3.05, 3.63) is 24.0 Å². The Morgan fingerprint density at radius 1 is 1.33 bits per heavy atom. The lowest BCUT2D eigenvalue weighted by Crippen LogP contribution is -2.36. The predicted octanol–water partition coefficient (Wildman–Crippen LogP) is 4.61. The van der Waals surface area contributed by atoms with Gasteiger partial charge in [-0.15, -0.1) is 0 Å². The zero-order chi connectivity index (χ0) is 19.6. The summed E-state index contributed by atoms with van der Waals surface area (Å²) in [5.41, 5.74) is 1.80. The second kappa shape index (κ2) is 8.32. The van der Waals surface area contributed by atoms with Crippen molar-refractivity contribution in [2.75, 3.05) is 7.11 Å². The number of carbonyl (C=O) groups excluding carboxylic acids is 1. The number of hydrogen-bond donors (Lipinski definition) is 0. The Balaban J connectivity index is 1.79. The molecule has 5 nitrogen and oxygen atoms in total. The molecule has 3 atom stereocenters. The Kier molecular flexibility index (Phi) is 6.08. The van der Waals surface area contributed by atoms with Crippen molar-refractivity contribution < 1.29 is 14.3 Å². The minimum Gasteiger partial charge on any atom is -0.497 e. The molecule has 0 bridgehead atoms. The van der Waals surface area contributed by atoms with E-state index in [1.807, 2.05) is 22.8 Å². The summed E-state index contributed by atoms with van der Waals surface area (Å²) in [7, 11) is 1.65. The van der Waals surface area contributed by atoms with Crippen LogP contribution in [0, 0.1) is 17.8 Å². The summed E-state index contributed by atoms with van der Waals surface area (Å²) in [5.74, 6) is 3.11. The molecular weight excluding hydrogens is 340 g/mol. The summed E-state index contributed by atoms with van der Waals surface area (Å²) < 4.78 is 13.3. The number of aryl methyl sites for hydroxylation is 1. The molecule has 0 amide bonds. The van der Waals surface area contributed by atoms with Crippen molar-refractivity contribution in [2.24, 2.45) is 17.8 Å². The first kappa shape index (κ1) is 19.7. The van der Waals surface area contributed by atoms with Crippen LogP contribution in [0.25, 0.3) is 11.0 Å². The lowest BCUT2D eigenvalue weighted by atomic mass is 9.75. The van der Waals surface area contributed by atoms with Gasteiger partial charge in [-0.1, -0.05) is 34.1 Å². The number of fused-ring (bicyclic) bond motifs is 1. The maximum Gasteiger partial charge on any atom is 0.326 e. The maximum absolute atomic E-state index is 12.8. The fourth-order valence-corrected chi connectivity index (χ4v) is 4.32. The van der Waals surface area contributed by atoms with Gasteiger partial charge in [0.25, 0.3) is 0 Å². The molecule has 1 aromatic carbocycles. The van der Waals surface area contributed by atoms with Gasteiger partial charge in [-0.2, -0.15) is 0 Å². The van der Waals surface area contributed by atoms with Crippen molar-refractivity contribution in [2.45, 2.75) is 66.0 Å². The van der Waals surface area contributed by atoms with Crippen LogP contribution in [0.1, 0.15) is 52.8 Å². The van der Waals surface area contributed by atoms with E-state index in [-0.39, 0.29) is 18.6 Å². The van der Waals surface area contributed by atoms with E-state index in [0.29, 0.717) is 17.8 Å². The van der Waals surface area contributed by atoms with E-state index in [2.05, 4.69) is 32.7 Å². The molecule has 1 aromatic heterocycles. The first-order chi connectivity index (χ1) is 12.9. The molecule has 0 spiro atoms. The normalized spacial score (nSPS) is 23.0. The lowest BCUT2D eigenvalue weighted by molar-refractivity contribution is -0.156. The number of carbonyl (C=O) groups is 1. The summed E-state index contributed by atoms with van der Waals surface area (Å²) in [6.45, 7) is 8.98. The summed E-state index contributed by atoms with van der Waals surface area (Å²) in [4.78, 5) is 17.5. The van der Waals surface area contributed by atoms with Gasteiger partial charge in [0.1, 0.15) is 24.2 Å². The van der Waals surface area contributed by atoms with E-state index in [4.69, 9.17) is 9.47 Å². The fraction of sp³-hybridized carbons (Fsp3) is 0.636. The quantitative estimate of drug-likeness (QED) is 0.695. The number of nitrogens with zero attached hydrogens (tertiary/aromatic N) is 2. The number of hydrogen-bond acceptors (Lipinski definition) is 4. The van der Waals surface area contributed by atoms with Crippen LogP contribution in [-0.2, 0) is 22.5 Å². The number of benzene rings is 1. The maximum atomic E-state index is 12.8. The third-order valence-corrected chi connectivity index (χ3v) is 5.88. The third kappa shape index (κ3) is 4.28. The molecule has 0 aliphatic heterocycles. The highest BCUT2D eigenvalue weighted by Gasteiger charge is 2.33. The number of aromatic nitrogens is 2. The highest BCUT2D eigenvalue weighted by Crippen LogP contribution is 2.35. The van der Waals surface area contributed by atoms with Crippen LogP contribution < -0.4 is 4.74 Å². The van der Waals surface area contributed by atoms with E-state index in [9.17, 15) is 4.79 Å². The summed E-state index contributed by atoms with van der Waals surface area (Å²) in [6.07, 6.45) is 4.13. The number of esters is 1. The number of rotatable bonds is 6. The highest BCUT2D eigenvalue weighted by atomic mass is 16.5. The van der Waals surface area contributed by atoms with E-state index in [0.717, 1.165) is 41.9 Å². The molecule has 148 valence electrons. The van der Waals surface area contributed by atoms with Gasteiger partial charge in [0.15, 0.2) is 0 Å². The van der Waals surface area contributed by atoms with E-state index < -0.39 is 0 Å². The first-order valence-electron chi connectivity index (χ1n) is 10.2. The Bertz CT molecular complexity index is 796. The zero-order valence-corrected chi connectivity index (χ0v) is 17.2. The van der Waals surface area contributed by atoms with Crippen LogP contribution in [-0.4, -0.2) is 28.7 Å². The van der Waals surface area contributed by atoms with Crippen LogP contribution in [0.3, 0.4) is 0 Å². The van der Waals surface area contributed by atoms with E-state index in [1.165, 1.54) is 6.42 Å². The van der Waals surface area contributed by atoms with Gasteiger partial charge in [-0.05, 0) is 42.7 Å². The highest BCUT2D eigenvalue weighted by molar-refractivity contribution is 5.80. The monoisotopic (exact) mass is 372 g/mol. The molecular formula is C22H32N2O3. The molecule has 1 aliphatic carbocycles. The van der Waals surface area contributed by atoms with Gasteiger partial charge in [0, 0.05) is 12.5 Å². The Hall–Kier alpha value is -2.04. The molecule has 2 unspecified atom stereocenters. The smallest absolute Gasteiger partial charge is 0.326 e. The fourth-order valence-electron chi connectivity index (χ4n) is 4.32. The van der Waals surface area contributed by atoms with Gasteiger partial charge in [0.05, 0.1) is 18.1 Å². The molecule has 1 saturated carbocycles. The molecule has 1 aliphatic rings. The second-order valence-electron chi connectivity index (χ2n) is 8.18. The zero-order valence-electron chi connectivity index (χ0n) is 17.2. The first-order valence-corrected chi connectivity index (χ1v) is 10.2. The van der Waals surface area contributed by atoms with Crippen molar-refractivity contribution >= 4 is 17.0 Å². The summed E-state index contributed by atoms with van der Waals surface area (Å²) in [6, 6.07) is 5.78. The topological polar surface area (TPSA) is 53.4 Å². The molecule has 1 fully saturated rings. The van der Waals surface area contributed by atoms with E-state index >= 15 is 0 Å². The van der Waals surface area contributed by atoms with Crippen LogP contribution in [0.15, 0.2) is 18.2 Å². The van der Waals surface area contributed by atoms with Crippen LogP contribution in [0.4, 0.5) is 0 Å². The van der Waals surface area contributed by atoms with Gasteiger partial charge in [-0.25, -0.2) is 4.98 Å². The lowest BCUT2D eigenvalue weighted by Gasteiger charge is -2.36. The molecule has 0 radical (unpaired) electrons. The Morgan fingerprint density at radius 2 is 2.11 bits per heavy atom. The molecule has 3 rings (SSSR count). The van der Waals surface area contributed by atoms with Gasteiger partial charge >= 0.3 is 5.97 Å². The summed E-state index contributed by atoms with van der Waals surface area (Å²) in [5, 5.41) is 0. The Labute approximate surface area is 162 Å². The van der Waals surface area contributed by atoms with Gasteiger partial charge in [0.2, 0.25) is 0 Å². The van der Waals surface area contributed by atoms with Gasteiger partial charge < -0.3 is 14.0 Å². The molecule has 5 heteroatoms. The average molecular weight is 373 g/mol. The number of imidazole rings is 1. The molecule has 0 N–H and O–H groups in total. The Morgan fingerprint density at radius 3 is 2.78 bits per heavy atom. The van der Waals surface area contributed by atoms with Gasteiger partial charge in [-0.3, -0.25) is 4.79 Å². The average Bonchev–Trinajstić information content (AvgIpc) is 2.98. The SMILES string of the molecule is CCc1nc2cc(OC)ccc2n1CC(=O)O[C@@H]1CC(C)CCC1C(C)C. The summed E-state index contributed by atoms with van der Waals surface area (Å²) >= 11 is 0. The molecule has 0 saturated heterocycles. The second-order valence-corrected chi connectivity index (χ2v) is 8.18. The van der Waals surface area contributed by atoms with Crippen molar-refractivity contribution in [3.8, 4) is 5.75 Å². The standard InChI is InChI=1S/C22H32N2O3/c1-6-21-23-18-12-16(26-5)8-10-19(18)24(21)13-22(25)27-20-11-15(4)7-9-17(20)14(2)3/h8,10,12,14-15,17,20H,6-7,9,11,13H2,1-5H3/t15?,17?,20-/m1/s1. The van der Waals surface area contributed by atoms with Crippen LogP contribution in [0.2, 0.25) is 0 Å². The largest absolute Gasteiger partial charge is 0.497 e. The molecule has 1 heterocycles. The van der Waals surface area contributed by atoms with E-state index in [1.54, 1.807) is 7.11 Å². The minimum absolute atomic E-state index is 0.0289. The van der Waals surface area contributed by atoms with Crippen molar-refractivity contribution in [1.29, 1.82) is 0 Å². The molecule has 27 heavy (non-hydrogen) atoms. The predicted molar refractivity (Wildman–Crippen MR) is 107 cm³/mol. The minimum atomic E-state index is -0.162. The molecule has 2 aromatic rings.